The number of benzene rings is 2. The highest BCUT2D eigenvalue weighted by atomic mass is 32.1. The Morgan fingerprint density at radius 2 is 1.50 bits per heavy atom. The first kappa shape index (κ1) is 16.3. The Hall–Kier alpha value is -3.19. The number of aromatic nitrogens is 4. The van der Waals surface area contributed by atoms with Crippen LogP contribution in [0, 0.1) is 0 Å². The summed E-state index contributed by atoms with van der Waals surface area (Å²) >= 11 is 1.49. The lowest BCUT2D eigenvalue weighted by Gasteiger charge is -2.00. The van der Waals surface area contributed by atoms with E-state index >= 15 is 0 Å². The standard InChI is InChI=1S/C19H16N4O2S/c1-24-15-8-3-13(4-9-15)5-12-17-22-23-18(20-21-19(23)26-17)14-6-10-16(25-2)11-7-14/h3-12H,1-2H3/b12-5-. The van der Waals surface area contributed by atoms with E-state index < -0.39 is 0 Å². The molecule has 130 valence electrons. The monoisotopic (exact) mass is 364 g/mol. The third-order valence-electron chi connectivity index (χ3n) is 3.89. The average Bonchev–Trinajstić information content (AvgIpc) is 3.27. The van der Waals surface area contributed by atoms with Crippen LogP contribution in [0.3, 0.4) is 0 Å². The number of hydrogen-bond acceptors (Lipinski definition) is 6. The van der Waals surface area contributed by atoms with Crippen LogP contribution >= 0.6 is 11.3 Å². The second kappa shape index (κ2) is 6.97. The smallest absolute Gasteiger partial charge is 0.235 e. The van der Waals surface area contributed by atoms with Crippen LogP contribution in [0.1, 0.15) is 10.6 Å². The first-order valence-corrected chi connectivity index (χ1v) is 8.77. The van der Waals surface area contributed by atoms with Crippen LogP contribution in [0.15, 0.2) is 48.5 Å². The zero-order valence-corrected chi connectivity index (χ0v) is 15.1. The summed E-state index contributed by atoms with van der Waals surface area (Å²) in [6.07, 6.45) is 3.98. The van der Waals surface area contributed by atoms with Crippen molar-refractivity contribution in [3.05, 3.63) is 59.1 Å². The normalized spacial score (nSPS) is 11.3. The van der Waals surface area contributed by atoms with Gasteiger partial charge in [-0.1, -0.05) is 29.5 Å². The molecule has 0 atom stereocenters. The third-order valence-corrected chi connectivity index (χ3v) is 4.75. The minimum Gasteiger partial charge on any atom is -0.497 e. The Labute approximate surface area is 154 Å². The molecular weight excluding hydrogens is 348 g/mol. The molecule has 2 heterocycles. The van der Waals surface area contributed by atoms with Gasteiger partial charge in [-0.05, 0) is 48.0 Å². The molecule has 4 aromatic rings. The fourth-order valence-electron chi connectivity index (χ4n) is 2.50. The number of methoxy groups -OCH3 is 2. The van der Waals surface area contributed by atoms with E-state index in [9.17, 15) is 0 Å². The maximum absolute atomic E-state index is 5.19. The Bertz CT molecular complexity index is 1050. The van der Waals surface area contributed by atoms with Crippen molar-refractivity contribution in [3.8, 4) is 22.9 Å². The summed E-state index contributed by atoms with van der Waals surface area (Å²) in [5.41, 5.74) is 2.02. The fraction of sp³-hybridized carbons (Fsp3) is 0.105. The van der Waals surface area contributed by atoms with Crippen molar-refractivity contribution in [2.45, 2.75) is 0 Å². The van der Waals surface area contributed by atoms with E-state index in [4.69, 9.17) is 9.47 Å². The highest BCUT2D eigenvalue weighted by Gasteiger charge is 2.12. The van der Waals surface area contributed by atoms with Crippen molar-refractivity contribution in [1.29, 1.82) is 0 Å². The molecule has 7 heteroatoms. The van der Waals surface area contributed by atoms with Gasteiger partial charge in [0.15, 0.2) is 5.82 Å². The summed E-state index contributed by atoms with van der Waals surface area (Å²) in [6, 6.07) is 15.5. The Morgan fingerprint density at radius 1 is 0.846 bits per heavy atom. The van der Waals surface area contributed by atoms with Crippen LogP contribution in [0.25, 0.3) is 28.5 Å². The number of hydrogen-bond donors (Lipinski definition) is 0. The maximum Gasteiger partial charge on any atom is 0.235 e. The van der Waals surface area contributed by atoms with Crippen LogP contribution in [0.5, 0.6) is 11.5 Å². The maximum atomic E-state index is 5.19. The molecule has 0 aliphatic rings. The summed E-state index contributed by atoms with van der Waals surface area (Å²) in [6.45, 7) is 0. The molecule has 0 unspecified atom stereocenters. The third kappa shape index (κ3) is 3.16. The van der Waals surface area contributed by atoms with E-state index in [-0.39, 0.29) is 0 Å². The number of nitrogens with zero attached hydrogens (tertiary/aromatic N) is 4. The number of ether oxygens (including phenoxy) is 2. The van der Waals surface area contributed by atoms with Gasteiger partial charge in [0.05, 0.1) is 14.2 Å². The number of rotatable bonds is 5. The van der Waals surface area contributed by atoms with E-state index in [1.165, 1.54) is 11.3 Å². The van der Waals surface area contributed by atoms with Crippen LogP contribution in [-0.4, -0.2) is 34.0 Å². The van der Waals surface area contributed by atoms with Crippen molar-refractivity contribution >= 4 is 28.4 Å². The van der Waals surface area contributed by atoms with Gasteiger partial charge in [-0.2, -0.15) is 9.61 Å². The molecule has 4 rings (SSSR count). The van der Waals surface area contributed by atoms with E-state index in [0.29, 0.717) is 5.82 Å². The first-order chi connectivity index (χ1) is 12.8. The summed E-state index contributed by atoms with van der Waals surface area (Å²) < 4.78 is 12.1. The lowest BCUT2D eigenvalue weighted by Crippen LogP contribution is -1.91. The molecule has 0 bridgehead atoms. The summed E-state index contributed by atoms with van der Waals surface area (Å²) in [5, 5.41) is 13.9. The molecule has 2 aromatic heterocycles. The highest BCUT2D eigenvalue weighted by Crippen LogP contribution is 2.24. The molecule has 0 radical (unpaired) electrons. The molecule has 0 spiro atoms. The van der Waals surface area contributed by atoms with Gasteiger partial charge >= 0.3 is 0 Å². The predicted octanol–water partition coefficient (Wildman–Crippen LogP) is 4.04. The van der Waals surface area contributed by atoms with Gasteiger partial charge < -0.3 is 9.47 Å². The summed E-state index contributed by atoms with van der Waals surface area (Å²) in [4.78, 5) is 0.755. The predicted molar refractivity (Wildman–Crippen MR) is 103 cm³/mol. The Morgan fingerprint density at radius 3 is 2.15 bits per heavy atom. The van der Waals surface area contributed by atoms with Crippen LogP contribution in [-0.2, 0) is 0 Å². The Balaban J connectivity index is 1.61. The molecule has 0 aliphatic heterocycles. The topological polar surface area (TPSA) is 61.5 Å². The van der Waals surface area contributed by atoms with E-state index in [0.717, 1.165) is 32.6 Å². The van der Waals surface area contributed by atoms with Crippen molar-refractivity contribution < 1.29 is 9.47 Å². The highest BCUT2D eigenvalue weighted by molar-refractivity contribution is 7.17. The van der Waals surface area contributed by atoms with Crippen molar-refractivity contribution in [2.75, 3.05) is 14.2 Å². The SMILES string of the molecule is COc1ccc(/C=C\c2nn3c(-c4ccc(OC)cc4)nnc3s2)cc1. The zero-order chi connectivity index (χ0) is 17.9. The van der Waals surface area contributed by atoms with Crippen molar-refractivity contribution in [1.82, 2.24) is 19.8 Å². The van der Waals surface area contributed by atoms with E-state index in [1.807, 2.05) is 60.7 Å². The molecule has 26 heavy (non-hydrogen) atoms. The van der Waals surface area contributed by atoms with Crippen molar-refractivity contribution in [2.24, 2.45) is 0 Å². The Kier molecular flexibility index (Phi) is 4.37. The molecule has 0 amide bonds. The van der Waals surface area contributed by atoms with Gasteiger partial charge in [-0.15, -0.1) is 10.2 Å². The summed E-state index contributed by atoms with van der Waals surface area (Å²) in [7, 11) is 3.30. The molecule has 2 aromatic carbocycles. The second-order valence-corrected chi connectivity index (χ2v) is 6.48. The van der Waals surface area contributed by atoms with Crippen molar-refractivity contribution in [3.63, 3.8) is 0 Å². The van der Waals surface area contributed by atoms with Gasteiger partial charge in [0.2, 0.25) is 4.96 Å². The molecule has 0 fully saturated rings. The molecular formula is C19H16N4O2S. The fourth-order valence-corrected chi connectivity index (χ4v) is 3.24. The first-order valence-electron chi connectivity index (χ1n) is 7.95. The van der Waals surface area contributed by atoms with Gasteiger partial charge in [0.25, 0.3) is 0 Å². The quantitative estimate of drug-likeness (QED) is 0.535. The van der Waals surface area contributed by atoms with Crippen LogP contribution in [0.2, 0.25) is 0 Å². The second-order valence-electron chi connectivity index (χ2n) is 5.49. The minimum atomic E-state index is 0.711. The molecule has 6 nitrogen and oxygen atoms in total. The minimum absolute atomic E-state index is 0.711. The van der Waals surface area contributed by atoms with Gasteiger partial charge in [0.1, 0.15) is 16.5 Å². The lowest BCUT2D eigenvalue weighted by atomic mass is 10.2. The molecule has 0 aliphatic carbocycles. The summed E-state index contributed by atoms with van der Waals surface area (Å²) in [5.74, 6) is 2.35. The van der Waals surface area contributed by atoms with Crippen LogP contribution in [0.4, 0.5) is 0 Å². The average molecular weight is 364 g/mol. The van der Waals surface area contributed by atoms with Gasteiger partial charge in [-0.3, -0.25) is 0 Å². The molecule has 0 N–H and O–H groups in total. The largest absolute Gasteiger partial charge is 0.497 e. The molecule has 0 saturated carbocycles. The van der Waals surface area contributed by atoms with Gasteiger partial charge in [0, 0.05) is 5.56 Å². The van der Waals surface area contributed by atoms with Crippen LogP contribution < -0.4 is 9.47 Å². The lowest BCUT2D eigenvalue weighted by molar-refractivity contribution is 0.414. The van der Waals surface area contributed by atoms with E-state index in [1.54, 1.807) is 18.7 Å². The van der Waals surface area contributed by atoms with E-state index in [2.05, 4.69) is 15.3 Å². The zero-order valence-electron chi connectivity index (χ0n) is 14.3. The molecule has 0 saturated heterocycles. The number of fused-ring (bicyclic) bond motifs is 1. The van der Waals surface area contributed by atoms with Gasteiger partial charge in [-0.25, -0.2) is 0 Å².